The normalized spacial score (nSPS) is 11.2. The Morgan fingerprint density at radius 1 is 0.897 bits per heavy atom. The van der Waals surface area contributed by atoms with Crippen LogP contribution in [0.3, 0.4) is 0 Å². The van der Waals surface area contributed by atoms with Crippen LogP contribution in [-0.2, 0) is 6.61 Å². The Balaban J connectivity index is 1.80. The maximum atomic E-state index is 6.16. The minimum absolute atomic E-state index is 0.354. The van der Waals surface area contributed by atoms with Crippen molar-refractivity contribution in [2.24, 2.45) is 0 Å². The van der Waals surface area contributed by atoms with Gasteiger partial charge in [0.25, 0.3) is 0 Å². The molecule has 0 aliphatic rings. The highest BCUT2D eigenvalue weighted by atomic mass is 32.2. The number of pyridine rings is 1. The lowest BCUT2D eigenvalue weighted by Crippen LogP contribution is -2.03. The zero-order valence-electron chi connectivity index (χ0n) is 17.4. The number of benzene rings is 2. The summed E-state index contributed by atoms with van der Waals surface area (Å²) in [5.74, 6) is 3.89. The van der Waals surface area contributed by atoms with Gasteiger partial charge in [0, 0.05) is 10.9 Å². The van der Waals surface area contributed by atoms with Crippen molar-refractivity contribution in [3.8, 4) is 11.5 Å². The molecule has 1 heterocycles. The molecular formula is C24H29NO2S2. The van der Waals surface area contributed by atoms with Gasteiger partial charge in [0.15, 0.2) is 11.5 Å². The lowest BCUT2D eigenvalue weighted by atomic mass is 10.2. The highest BCUT2D eigenvalue weighted by molar-refractivity contribution is 8.16. The second-order valence-corrected chi connectivity index (χ2v) is 9.46. The van der Waals surface area contributed by atoms with Crippen LogP contribution in [0.5, 0.6) is 11.5 Å². The number of para-hydroxylation sites is 2. The van der Waals surface area contributed by atoms with Crippen molar-refractivity contribution in [1.29, 1.82) is 0 Å². The third-order valence-electron chi connectivity index (χ3n) is 4.45. The molecule has 0 radical (unpaired) electrons. The van der Waals surface area contributed by atoms with Gasteiger partial charge >= 0.3 is 0 Å². The maximum Gasteiger partial charge on any atom is 0.165 e. The highest BCUT2D eigenvalue weighted by Crippen LogP contribution is 2.46. The molecule has 0 amide bonds. The van der Waals surface area contributed by atoms with Crippen LogP contribution in [0.15, 0.2) is 54.6 Å². The summed E-state index contributed by atoms with van der Waals surface area (Å²) in [4.78, 5) is 4.71. The molecule has 0 aliphatic carbocycles. The van der Waals surface area contributed by atoms with Crippen molar-refractivity contribution in [3.63, 3.8) is 0 Å². The van der Waals surface area contributed by atoms with Crippen molar-refractivity contribution < 1.29 is 9.47 Å². The molecule has 2 aromatic carbocycles. The second kappa shape index (κ2) is 11.4. The Kier molecular flexibility index (Phi) is 8.56. The maximum absolute atomic E-state index is 6.16. The monoisotopic (exact) mass is 427 g/mol. The number of hydrogen-bond donors (Lipinski definition) is 0. The Bertz CT molecular complexity index is 908. The molecule has 154 valence electrons. The van der Waals surface area contributed by atoms with Gasteiger partial charge in [-0.15, -0.1) is 23.5 Å². The molecule has 0 N–H and O–H groups in total. The zero-order valence-corrected chi connectivity index (χ0v) is 19.0. The molecule has 5 heteroatoms. The molecule has 0 atom stereocenters. The Morgan fingerprint density at radius 2 is 1.66 bits per heavy atom. The van der Waals surface area contributed by atoms with Crippen LogP contribution in [0.1, 0.15) is 42.5 Å². The van der Waals surface area contributed by atoms with Crippen LogP contribution < -0.4 is 9.47 Å². The van der Waals surface area contributed by atoms with Gasteiger partial charge in [0.2, 0.25) is 0 Å². The van der Waals surface area contributed by atoms with E-state index in [-0.39, 0.29) is 0 Å². The summed E-state index contributed by atoms with van der Waals surface area (Å²) in [7, 11) is 1.73. The van der Waals surface area contributed by atoms with Crippen molar-refractivity contribution in [3.05, 3.63) is 65.9 Å². The molecule has 0 aliphatic heterocycles. The fourth-order valence-electron chi connectivity index (χ4n) is 3.07. The first-order valence-electron chi connectivity index (χ1n) is 10.1. The minimum Gasteiger partial charge on any atom is -0.492 e. The van der Waals surface area contributed by atoms with Crippen LogP contribution in [0, 0.1) is 0 Å². The number of rotatable bonds is 11. The number of hydrogen-bond acceptors (Lipinski definition) is 5. The van der Waals surface area contributed by atoms with Gasteiger partial charge in [-0.2, -0.15) is 0 Å². The van der Waals surface area contributed by atoms with E-state index in [1.807, 2.05) is 53.9 Å². The fourth-order valence-corrected chi connectivity index (χ4v) is 5.66. The molecule has 3 aromatic rings. The first-order valence-corrected chi connectivity index (χ1v) is 12.2. The molecule has 3 rings (SSSR count). The quantitative estimate of drug-likeness (QED) is 0.304. The standard InChI is InChI=1S/C24H29NO2S2/c1-4-15-28-24(29-16-5-2)20-10-8-12-22(23(20)26-3)27-17-19-14-13-18-9-6-7-11-21(18)25-19/h6-14,24H,4-5,15-17H2,1-3H3. The third-order valence-corrected chi connectivity index (χ3v) is 7.66. The van der Waals surface area contributed by atoms with E-state index in [1.165, 1.54) is 18.4 Å². The van der Waals surface area contributed by atoms with Gasteiger partial charge < -0.3 is 9.47 Å². The molecular weight excluding hydrogens is 398 g/mol. The van der Waals surface area contributed by atoms with E-state index < -0.39 is 0 Å². The molecule has 29 heavy (non-hydrogen) atoms. The minimum atomic E-state index is 0.354. The Labute approximate surface area is 182 Å². The van der Waals surface area contributed by atoms with Gasteiger partial charge in [-0.25, -0.2) is 4.98 Å². The molecule has 1 aromatic heterocycles. The summed E-state index contributed by atoms with van der Waals surface area (Å²) < 4.78 is 12.3. The van der Waals surface area contributed by atoms with Gasteiger partial charge in [0.1, 0.15) is 6.61 Å². The highest BCUT2D eigenvalue weighted by Gasteiger charge is 2.20. The molecule has 0 unspecified atom stereocenters. The molecule has 0 saturated carbocycles. The summed E-state index contributed by atoms with van der Waals surface area (Å²) in [6, 6.07) is 18.5. The number of methoxy groups -OCH3 is 1. The fraction of sp³-hybridized carbons (Fsp3) is 0.375. The number of ether oxygens (including phenoxy) is 2. The predicted octanol–water partition coefficient (Wildman–Crippen LogP) is 7.11. The lowest BCUT2D eigenvalue weighted by molar-refractivity contribution is 0.280. The summed E-state index contributed by atoms with van der Waals surface area (Å²) in [6.45, 7) is 4.86. The average Bonchev–Trinajstić information content (AvgIpc) is 2.77. The predicted molar refractivity (Wildman–Crippen MR) is 127 cm³/mol. The van der Waals surface area contributed by atoms with E-state index in [0.717, 1.165) is 39.6 Å². The Hall–Kier alpha value is -1.85. The second-order valence-electron chi connectivity index (χ2n) is 6.74. The van der Waals surface area contributed by atoms with Crippen molar-refractivity contribution in [1.82, 2.24) is 4.98 Å². The van der Waals surface area contributed by atoms with Crippen molar-refractivity contribution >= 4 is 34.4 Å². The summed E-state index contributed by atoms with van der Waals surface area (Å²) in [5.41, 5.74) is 3.10. The number of fused-ring (bicyclic) bond motifs is 1. The van der Waals surface area contributed by atoms with Gasteiger partial charge in [-0.05, 0) is 42.5 Å². The van der Waals surface area contributed by atoms with Crippen LogP contribution in [0.2, 0.25) is 0 Å². The number of thioether (sulfide) groups is 2. The molecule has 0 fully saturated rings. The molecule has 0 spiro atoms. The van der Waals surface area contributed by atoms with Gasteiger partial charge in [0.05, 0.1) is 22.9 Å². The van der Waals surface area contributed by atoms with Crippen LogP contribution in [0.4, 0.5) is 0 Å². The van der Waals surface area contributed by atoms with Crippen molar-refractivity contribution in [2.45, 2.75) is 37.9 Å². The first kappa shape index (κ1) is 21.8. The SMILES string of the molecule is CCCSC(SCCC)c1cccc(OCc2ccc3ccccc3n2)c1OC. The van der Waals surface area contributed by atoms with E-state index in [4.69, 9.17) is 14.5 Å². The smallest absolute Gasteiger partial charge is 0.165 e. The van der Waals surface area contributed by atoms with Crippen LogP contribution >= 0.6 is 23.5 Å². The summed E-state index contributed by atoms with van der Waals surface area (Å²) in [5, 5.41) is 1.14. The largest absolute Gasteiger partial charge is 0.492 e. The lowest BCUT2D eigenvalue weighted by Gasteiger charge is -2.21. The van der Waals surface area contributed by atoms with E-state index in [1.54, 1.807) is 7.11 Å². The summed E-state index contributed by atoms with van der Waals surface area (Å²) in [6.07, 6.45) is 2.33. The Morgan fingerprint density at radius 3 is 2.38 bits per heavy atom. The van der Waals surface area contributed by atoms with Gasteiger partial charge in [-0.3, -0.25) is 0 Å². The van der Waals surface area contributed by atoms with E-state index >= 15 is 0 Å². The van der Waals surface area contributed by atoms with Gasteiger partial charge in [-0.1, -0.05) is 50.2 Å². The van der Waals surface area contributed by atoms with E-state index in [0.29, 0.717) is 11.2 Å². The number of aromatic nitrogens is 1. The molecule has 0 bridgehead atoms. The third kappa shape index (κ3) is 5.83. The summed E-state index contributed by atoms with van der Waals surface area (Å²) >= 11 is 3.97. The van der Waals surface area contributed by atoms with Crippen molar-refractivity contribution in [2.75, 3.05) is 18.6 Å². The first-order chi connectivity index (χ1) is 14.3. The van der Waals surface area contributed by atoms with E-state index in [9.17, 15) is 0 Å². The molecule has 3 nitrogen and oxygen atoms in total. The topological polar surface area (TPSA) is 31.4 Å². The van der Waals surface area contributed by atoms with Crippen LogP contribution in [-0.4, -0.2) is 23.6 Å². The van der Waals surface area contributed by atoms with Crippen LogP contribution in [0.25, 0.3) is 10.9 Å². The van der Waals surface area contributed by atoms with E-state index in [2.05, 4.69) is 38.1 Å². The zero-order chi connectivity index (χ0) is 20.5. The average molecular weight is 428 g/mol. The molecule has 0 saturated heterocycles. The number of nitrogens with zero attached hydrogens (tertiary/aromatic N) is 1.